The van der Waals surface area contributed by atoms with E-state index in [1.165, 1.54) is 12.1 Å². The van der Waals surface area contributed by atoms with Crippen molar-refractivity contribution in [3.05, 3.63) is 39.2 Å². The Bertz CT molecular complexity index is 750. The molecule has 1 aromatic heterocycles. The van der Waals surface area contributed by atoms with Crippen molar-refractivity contribution in [3.8, 4) is 0 Å². The first kappa shape index (κ1) is 13.1. The number of fused-ring (bicyclic) bond motifs is 1. The van der Waals surface area contributed by atoms with Gasteiger partial charge >= 0.3 is 11.4 Å². The van der Waals surface area contributed by atoms with Gasteiger partial charge in [0.1, 0.15) is 0 Å². The van der Waals surface area contributed by atoms with Gasteiger partial charge in [-0.25, -0.2) is 9.59 Å². The van der Waals surface area contributed by atoms with E-state index in [9.17, 15) is 14.4 Å². The molecule has 100 valence electrons. The molecule has 0 unspecified atom stereocenters. The molecule has 0 atom stereocenters. The smallest absolute Gasteiger partial charge is 0.372 e. The van der Waals surface area contributed by atoms with E-state index >= 15 is 0 Å². The highest BCUT2D eigenvalue weighted by Crippen LogP contribution is 2.19. The lowest BCUT2D eigenvalue weighted by Crippen LogP contribution is -2.27. The van der Waals surface area contributed by atoms with Crippen molar-refractivity contribution in [2.75, 3.05) is 5.32 Å². The molecule has 0 fully saturated rings. The predicted octanol–water partition coefficient (Wildman–Crippen LogP) is 1.47. The fraction of sp³-hybridized carbons (Fsp3) is 0.308. The third kappa shape index (κ3) is 2.73. The SMILES string of the molecule is CC(C)(C)C(=O)Nc1ccc2c(=O)oc(=O)[nH]c2c1. The molecule has 1 heterocycles. The molecule has 0 aliphatic heterocycles. The van der Waals surface area contributed by atoms with Crippen LogP contribution in [0.25, 0.3) is 10.9 Å². The fourth-order valence-electron chi connectivity index (χ4n) is 1.50. The van der Waals surface area contributed by atoms with Gasteiger partial charge in [0.05, 0.1) is 10.9 Å². The van der Waals surface area contributed by atoms with Crippen LogP contribution in [0.15, 0.2) is 32.2 Å². The molecular weight excluding hydrogens is 248 g/mol. The van der Waals surface area contributed by atoms with E-state index in [1.807, 2.05) is 0 Å². The summed E-state index contributed by atoms with van der Waals surface area (Å²) < 4.78 is 4.41. The minimum atomic E-state index is -0.822. The number of H-pyrrole nitrogens is 1. The highest BCUT2D eigenvalue weighted by molar-refractivity contribution is 5.96. The lowest BCUT2D eigenvalue weighted by atomic mass is 9.95. The third-order valence-electron chi connectivity index (χ3n) is 2.60. The number of carbonyl (C=O) groups is 1. The summed E-state index contributed by atoms with van der Waals surface area (Å²) >= 11 is 0. The predicted molar refractivity (Wildman–Crippen MR) is 71.2 cm³/mol. The number of amides is 1. The van der Waals surface area contributed by atoms with Gasteiger partial charge in [-0.15, -0.1) is 0 Å². The number of nitrogens with one attached hydrogen (secondary N) is 2. The first-order chi connectivity index (χ1) is 8.77. The number of rotatable bonds is 1. The molecule has 19 heavy (non-hydrogen) atoms. The van der Waals surface area contributed by atoms with Crippen LogP contribution in [0.3, 0.4) is 0 Å². The maximum absolute atomic E-state index is 11.8. The Morgan fingerprint density at radius 3 is 2.58 bits per heavy atom. The zero-order valence-electron chi connectivity index (χ0n) is 10.9. The Hall–Kier alpha value is -2.37. The lowest BCUT2D eigenvalue weighted by Gasteiger charge is -2.17. The van der Waals surface area contributed by atoms with Gasteiger partial charge in [-0.2, -0.15) is 0 Å². The Morgan fingerprint density at radius 1 is 1.26 bits per heavy atom. The molecule has 2 N–H and O–H groups in total. The van der Waals surface area contributed by atoms with Crippen LogP contribution >= 0.6 is 0 Å². The molecule has 0 aliphatic carbocycles. The number of aromatic amines is 1. The van der Waals surface area contributed by atoms with Crippen molar-refractivity contribution in [3.63, 3.8) is 0 Å². The van der Waals surface area contributed by atoms with Crippen LogP contribution in [-0.4, -0.2) is 10.9 Å². The van der Waals surface area contributed by atoms with E-state index in [4.69, 9.17) is 0 Å². The van der Waals surface area contributed by atoms with Gasteiger partial charge < -0.3 is 9.73 Å². The van der Waals surface area contributed by atoms with E-state index in [-0.39, 0.29) is 11.3 Å². The van der Waals surface area contributed by atoms with E-state index < -0.39 is 16.8 Å². The van der Waals surface area contributed by atoms with Crippen molar-refractivity contribution in [1.82, 2.24) is 4.98 Å². The number of hydrogen-bond acceptors (Lipinski definition) is 4. The maximum atomic E-state index is 11.8. The summed E-state index contributed by atoms with van der Waals surface area (Å²) in [5.74, 6) is -0.978. The number of carbonyl (C=O) groups excluding carboxylic acids is 1. The van der Waals surface area contributed by atoms with E-state index in [1.54, 1.807) is 26.8 Å². The Balaban J connectivity index is 2.45. The van der Waals surface area contributed by atoms with Gasteiger partial charge in [0.25, 0.3) is 0 Å². The standard InChI is InChI=1S/C13H14N2O4/c1-13(2,3)11(17)14-7-4-5-8-9(6-7)15-12(18)19-10(8)16/h4-6H,1-3H3,(H,14,17)(H,15,18). The van der Waals surface area contributed by atoms with E-state index in [2.05, 4.69) is 14.7 Å². The summed E-state index contributed by atoms with van der Waals surface area (Å²) in [4.78, 5) is 36.8. The van der Waals surface area contributed by atoms with Crippen molar-refractivity contribution in [2.45, 2.75) is 20.8 Å². The van der Waals surface area contributed by atoms with Crippen molar-refractivity contribution < 1.29 is 9.21 Å². The van der Waals surface area contributed by atoms with Gasteiger partial charge in [0, 0.05) is 11.1 Å². The number of anilines is 1. The third-order valence-corrected chi connectivity index (χ3v) is 2.60. The molecule has 6 nitrogen and oxygen atoms in total. The van der Waals surface area contributed by atoms with Gasteiger partial charge in [-0.1, -0.05) is 20.8 Å². The summed E-state index contributed by atoms with van der Waals surface area (Å²) in [6, 6.07) is 4.61. The van der Waals surface area contributed by atoms with Gasteiger partial charge in [0.15, 0.2) is 0 Å². The lowest BCUT2D eigenvalue weighted by molar-refractivity contribution is -0.123. The molecule has 0 aliphatic rings. The Morgan fingerprint density at radius 2 is 1.95 bits per heavy atom. The molecule has 0 spiro atoms. The molecule has 0 bridgehead atoms. The number of hydrogen-bond donors (Lipinski definition) is 2. The maximum Gasteiger partial charge on any atom is 0.419 e. The van der Waals surface area contributed by atoms with Crippen LogP contribution in [0.5, 0.6) is 0 Å². The average Bonchev–Trinajstić information content (AvgIpc) is 2.26. The molecule has 2 aromatic rings. The molecule has 0 radical (unpaired) electrons. The second kappa shape index (κ2) is 4.38. The molecule has 0 saturated carbocycles. The van der Waals surface area contributed by atoms with Crippen molar-refractivity contribution >= 4 is 22.5 Å². The normalized spacial score (nSPS) is 11.5. The second-order valence-electron chi connectivity index (χ2n) is 5.27. The first-order valence-corrected chi connectivity index (χ1v) is 5.76. The summed E-state index contributed by atoms with van der Waals surface area (Å²) in [6.07, 6.45) is 0. The number of benzene rings is 1. The first-order valence-electron chi connectivity index (χ1n) is 5.76. The number of aromatic nitrogens is 1. The topological polar surface area (TPSA) is 92.2 Å². The molecular formula is C13H14N2O4. The summed E-state index contributed by atoms with van der Waals surface area (Å²) in [7, 11) is 0. The minimum Gasteiger partial charge on any atom is -0.372 e. The van der Waals surface area contributed by atoms with Gasteiger partial charge in [-0.3, -0.25) is 9.78 Å². The van der Waals surface area contributed by atoms with E-state index in [0.29, 0.717) is 11.2 Å². The Labute approximate surface area is 108 Å². The van der Waals surface area contributed by atoms with Crippen LogP contribution in [0.4, 0.5) is 5.69 Å². The average molecular weight is 262 g/mol. The zero-order chi connectivity index (χ0) is 14.2. The summed E-state index contributed by atoms with van der Waals surface area (Å²) in [5.41, 5.74) is -0.396. The van der Waals surface area contributed by atoms with E-state index in [0.717, 1.165) is 0 Å². The minimum absolute atomic E-state index is 0.155. The highest BCUT2D eigenvalue weighted by atomic mass is 16.4. The summed E-state index contributed by atoms with van der Waals surface area (Å²) in [6.45, 7) is 5.37. The van der Waals surface area contributed by atoms with Crippen LogP contribution in [-0.2, 0) is 4.79 Å². The quantitative estimate of drug-likeness (QED) is 0.813. The fourth-order valence-corrected chi connectivity index (χ4v) is 1.50. The van der Waals surface area contributed by atoms with Crippen molar-refractivity contribution in [1.29, 1.82) is 0 Å². The molecule has 2 rings (SSSR count). The summed E-state index contributed by atoms with van der Waals surface area (Å²) in [5, 5.41) is 2.98. The zero-order valence-corrected chi connectivity index (χ0v) is 10.9. The highest BCUT2D eigenvalue weighted by Gasteiger charge is 2.21. The van der Waals surface area contributed by atoms with Crippen LogP contribution in [0.2, 0.25) is 0 Å². The monoisotopic (exact) mass is 262 g/mol. The molecule has 6 heteroatoms. The van der Waals surface area contributed by atoms with Gasteiger partial charge in [-0.05, 0) is 18.2 Å². The largest absolute Gasteiger partial charge is 0.419 e. The van der Waals surface area contributed by atoms with Crippen molar-refractivity contribution in [2.24, 2.45) is 5.41 Å². The second-order valence-corrected chi connectivity index (χ2v) is 5.27. The molecule has 1 amide bonds. The van der Waals surface area contributed by atoms with Crippen LogP contribution < -0.4 is 16.7 Å². The molecule has 1 aromatic carbocycles. The Kier molecular flexibility index (Phi) is 3.01. The van der Waals surface area contributed by atoms with Crippen LogP contribution in [0.1, 0.15) is 20.8 Å². The molecule has 0 saturated heterocycles. The van der Waals surface area contributed by atoms with Crippen LogP contribution in [0, 0.1) is 5.41 Å². The van der Waals surface area contributed by atoms with Gasteiger partial charge in [0.2, 0.25) is 5.91 Å².